The molecule has 0 radical (unpaired) electrons. The Kier molecular flexibility index (Phi) is 4.52. The Morgan fingerprint density at radius 1 is 1.33 bits per heavy atom. The van der Waals surface area contributed by atoms with Crippen LogP contribution in [0.1, 0.15) is 29.9 Å². The number of nitrogen functional groups attached to an aromatic ring is 1. The van der Waals surface area contributed by atoms with Crippen LogP contribution in [0, 0.1) is 6.92 Å². The van der Waals surface area contributed by atoms with Crippen molar-refractivity contribution in [3.8, 4) is 5.75 Å². The Labute approximate surface area is 124 Å². The predicted octanol–water partition coefficient (Wildman–Crippen LogP) is 3.05. The molecule has 3 N–H and O–H groups in total. The predicted molar refractivity (Wildman–Crippen MR) is 84.8 cm³/mol. The summed E-state index contributed by atoms with van der Waals surface area (Å²) in [5.74, 6) is 0.634. The largest absolute Gasteiger partial charge is 0.494 e. The lowest BCUT2D eigenvalue weighted by Gasteiger charge is -2.11. The van der Waals surface area contributed by atoms with E-state index in [4.69, 9.17) is 10.5 Å². The fourth-order valence-electron chi connectivity index (χ4n) is 2.20. The molecule has 0 fully saturated rings. The van der Waals surface area contributed by atoms with Crippen molar-refractivity contribution < 1.29 is 9.53 Å². The first-order valence-electron chi connectivity index (χ1n) is 7.05. The summed E-state index contributed by atoms with van der Waals surface area (Å²) in [5.41, 5.74) is 8.62. The fraction of sp³-hybridized carbons (Fsp3) is 0.312. The molecule has 5 nitrogen and oxygen atoms in total. The number of amides is 1. The fourth-order valence-corrected chi connectivity index (χ4v) is 2.20. The molecule has 0 bridgehead atoms. The summed E-state index contributed by atoms with van der Waals surface area (Å²) in [6.45, 7) is 7.16. The Morgan fingerprint density at radius 2 is 2.10 bits per heavy atom. The van der Waals surface area contributed by atoms with Crippen molar-refractivity contribution in [3.63, 3.8) is 0 Å². The van der Waals surface area contributed by atoms with Gasteiger partial charge >= 0.3 is 0 Å². The second-order valence-corrected chi connectivity index (χ2v) is 4.81. The van der Waals surface area contributed by atoms with E-state index in [-0.39, 0.29) is 5.91 Å². The third-order valence-corrected chi connectivity index (χ3v) is 3.25. The second kappa shape index (κ2) is 6.35. The van der Waals surface area contributed by atoms with Gasteiger partial charge < -0.3 is 20.4 Å². The van der Waals surface area contributed by atoms with Crippen molar-refractivity contribution in [1.29, 1.82) is 0 Å². The van der Waals surface area contributed by atoms with Crippen LogP contribution in [0.4, 0.5) is 11.4 Å². The molecule has 21 heavy (non-hydrogen) atoms. The topological polar surface area (TPSA) is 69.3 Å². The molecule has 2 rings (SSSR count). The number of ether oxygens (including phenoxy) is 1. The van der Waals surface area contributed by atoms with E-state index in [1.54, 1.807) is 12.3 Å². The molecule has 0 aliphatic heterocycles. The molecule has 0 aliphatic carbocycles. The van der Waals surface area contributed by atoms with Crippen molar-refractivity contribution in [2.24, 2.45) is 0 Å². The zero-order valence-electron chi connectivity index (χ0n) is 12.6. The molecule has 0 unspecified atom stereocenters. The molecular formula is C16H21N3O2. The van der Waals surface area contributed by atoms with Gasteiger partial charge in [-0.3, -0.25) is 4.79 Å². The van der Waals surface area contributed by atoms with E-state index >= 15 is 0 Å². The van der Waals surface area contributed by atoms with Crippen LogP contribution in [0.15, 0.2) is 30.5 Å². The molecule has 5 heteroatoms. The minimum absolute atomic E-state index is 0.166. The zero-order valence-corrected chi connectivity index (χ0v) is 12.6. The molecule has 1 amide bonds. The maximum atomic E-state index is 12.4. The van der Waals surface area contributed by atoms with Crippen LogP contribution >= 0.6 is 0 Å². The van der Waals surface area contributed by atoms with Gasteiger partial charge in [0.05, 0.1) is 12.3 Å². The number of benzene rings is 1. The monoisotopic (exact) mass is 287 g/mol. The SMILES string of the molecule is CCOc1ccc(NC(=O)c2cc(N)cn2CC)c(C)c1. The van der Waals surface area contributed by atoms with Gasteiger partial charge in [-0.05, 0) is 50.6 Å². The molecule has 1 heterocycles. The Balaban J connectivity index is 2.19. The van der Waals surface area contributed by atoms with E-state index in [1.807, 2.05) is 43.5 Å². The highest BCUT2D eigenvalue weighted by Gasteiger charge is 2.13. The number of nitrogens with one attached hydrogen (secondary N) is 1. The van der Waals surface area contributed by atoms with Gasteiger partial charge in [0.25, 0.3) is 5.91 Å². The van der Waals surface area contributed by atoms with E-state index in [1.165, 1.54) is 0 Å². The highest BCUT2D eigenvalue weighted by Crippen LogP contribution is 2.22. The van der Waals surface area contributed by atoms with Gasteiger partial charge in [-0.1, -0.05) is 0 Å². The smallest absolute Gasteiger partial charge is 0.272 e. The number of rotatable bonds is 5. The molecular weight excluding hydrogens is 266 g/mol. The number of hydrogen-bond donors (Lipinski definition) is 2. The standard InChI is InChI=1S/C16H21N3O2/c1-4-19-10-12(17)9-15(19)16(20)18-14-7-6-13(21-5-2)8-11(14)3/h6-10H,4-5,17H2,1-3H3,(H,18,20). The number of anilines is 2. The van der Waals surface area contributed by atoms with E-state index in [0.29, 0.717) is 24.5 Å². The lowest BCUT2D eigenvalue weighted by Crippen LogP contribution is -2.17. The van der Waals surface area contributed by atoms with Crippen molar-refractivity contribution in [1.82, 2.24) is 4.57 Å². The number of aromatic nitrogens is 1. The van der Waals surface area contributed by atoms with Crippen LogP contribution in [0.25, 0.3) is 0 Å². The quantitative estimate of drug-likeness (QED) is 0.888. The number of nitrogens with two attached hydrogens (primary N) is 1. The summed E-state index contributed by atoms with van der Waals surface area (Å²) >= 11 is 0. The van der Waals surface area contributed by atoms with Gasteiger partial charge in [0, 0.05) is 18.4 Å². The summed E-state index contributed by atoms with van der Waals surface area (Å²) in [5, 5.41) is 2.91. The van der Waals surface area contributed by atoms with Gasteiger partial charge in [0.15, 0.2) is 0 Å². The highest BCUT2D eigenvalue weighted by molar-refractivity contribution is 6.04. The van der Waals surface area contributed by atoms with Crippen LogP contribution in [0.5, 0.6) is 5.75 Å². The van der Waals surface area contributed by atoms with Crippen LogP contribution in [0.3, 0.4) is 0 Å². The maximum Gasteiger partial charge on any atom is 0.272 e. The first-order valence-corrected chi connectivity index (χ1v) is 7.05. The molecule has 0 spiro atoms. The minimum atomic E-state index is -0.166. The van der Waals surface area contributed by atoms with Gasteiger partial charge in [-0.15, -0.1) is 0 Å². The highest BCUT2D eigenvalue weighted by atomic mass is 16.5. The van der Waals surface area contributed by atoms with Crippen LogP contribution in [0.2, 0.25) is 0 Å². The van der Waals surface area contributed by atoms with E-state index < -0.39 is 0 Å². The molecule has 0 atom stereocenters. The van der Waals surface area contributed by atoms with Crippen molar-refractivity contribution in [2.45, 2.75) is 27.3 Å². The van der Waals surface area contributed by atoms with Crippen molar-refractivity contribution in [3.05, 3.63) is 41.7 Å². The summed E-state index contributed by atoms with van der Waals surface area (Å²) in [7, 11) is 0. The van der Waals surface area contributed by atoms with Crippen molar-refractivity contribution in [2.75, 3.05) is 17.7 Å². The van der Waals surface area contributed by atoms with E-state index in [2.05, 4.69) is 5.32 Å². The molecule has 0 saturated carbocycles. The van der Waals surface area contributed by atoms with E-state index in [9.17, 15) is 4.79 Å². The Bertz CT molecular complexity index is 647. The first kappa shape index (κ1) is 15.0. The molecule has 1 aromatic carbocycles. The number of carbonyl (C=O) groups excluding carboxylic acids is 1. The summed E-state index contributed by atoms with van der Waals surface area (Å²) in [6.07, 6.45) is 1.76. The third-order valence-electron chi connectivity index (χ3n) is 3.25. The molecule has 2 aromatic rings. The molecule has 0 saturated heterocycles. The molecule has 112 valence electrons. The number of hydrogen-bond acceptors (Lipinski definition) is 3. The van der Waals surface area contributed by atoms with Gasteiger partial charge in [0.1, 0.15) is 11.4 Å². The molecule has 1 aromatic heterocycles. The normalized spacial score (nSPS) is 10.4. The number of nitrogens with zero attached hydrogens (tertiary/aromatic N) is 1. The van der Waals surface area contributed by atoms with Crippen LogP contribution in [-0.2, 0) is 6.54 Å². The minimum Gasteiger partial charge on any atom is -0.494 e. The number of aryl methyl sites for hydroxylation is 2. The third kappa shape index (κ3) is 3.37. The number of carbonyl (C=O) groups is 1. The maximum absolute atomic E-state index is 12.4. The average Bonchev–Trinajstić information content (AvgIpc) is 2.83. The van der Waals surface area contributed by atoms with Gasteiger partial charge in [-0.2, -0.15) is 0 Å². The lowest BCUT2D eigenvalue weighted by molar-refractivity contribution is 0.101. The summed E-state index contributed by atoms with van der Waals surface area (Å²) < 4.78 is 7.27. The summed E-state index contributed by atoms with van der Waals surface area (Å²) in [6, 6.07) is 7.29. The van der Waals surface area contributed by atoms with Gasteiger partial charge in [-0.25, -0.2) is 0 Å². The zero-order chi connectivity index (χ0) is 15.4. The van der Waals surface area contributed by atoms with Gasteiger partial charge in [0.2, 0.25) is 0 Å². The Hall–Kier alpha value is -2.43. The average molecular weight is 287 g/mol. The second-order valence-electron chi connectivity index (χ2n) is 4.81. The lowest BCUT2D eigenvalue weighted by atomic mass is 10.2. The van der Waals surface area contributed by atoms with E-state index in [0.717, 1.165) is 17.0 Å². The van der Waals surface area contributed by atoms with Crippen LogP contribution < -0.4 is 15.8 Å². The van der Waals surface area contributed by atoms with Crippen molar-refractivity contribution >= 4 is 17.3 Å². The Morgan fingerprint density at radius 3 is 2.71 bits per heavy atom. The molecule has 0 aliphatic rings. The summed E-state index contributed by atoms with van der Waals surface area (Å²) in [4.78, 5) is 12.4. The first-order chi connectivity index (χ1) is 10.0. The van der Waals surface area contributed by atoms with Crippen LogP contribution in [-0.4, -0.2) is 17.1 Å².